The van der Waals surface area contributed by atoms with Crippen LogP contribution >= 0.6 is 0 Å². The fourth-order valence-corrected chi connectivity index (χ4v) is 3.15. The van der Waals surface area contributed by atoms with Crippen LogP contribution in [0.4, 0.5) is 16.2 Å². The summed E-state index contributed by atoms with van der Waals surface area (Å²) in [5.41, 5.74) is 2.85. The number of hydrogen-bond donors (Lipinski definition) is 1. The molecule has 1 aromatic heterocycles. The molecule has 0 saturated carbocycles. The number of rotatable bonds is 5. The molecule has 1 saturated heterocycles. The minimum atomic E-state index is -0.256. The number of aromatic nitrogens is 2. The van der Waals surface area contributed by atoms with Gasteiger partial charge in [-0.05, 0) is 42.5 Å². The molecule has 0 spiro atoms. The van der Waals surface area contributed by atoms with E-state index in [0.717, 1.165) is 17.0 Å². The third-order valence-corrected chi connectivity index (χ3v) is 4.57. The van der Waals surface area contributed by atoms with Gasteiger partial charge < -0.3 is 15.0 Å². The molecule has 28 heavy (non-hydrogen) atoms. The lowest BCUT2D eigenvalue weighted by atomic mass is 10.2. The molecule has 2 aromatic carbocycles. The number of amides is 3. The van der Waals surface area contributed by atoms with Crippen LogP contribution in [0.2, 0.25) is 0 Å². The second-order valence-electron chi connectivity index (χ2n) is 6.36. The van der Waals surface area contributed by atoms with Crippen molar-refractivity contribution in [2.75, 3.05) is 37.0 Å². The number of benzene rings is 2. The summed E-state index contributed by atoms with van der Waals surface area (Å²) in [4.78, 5) is 36.7. The summed E-state index contributed by atoms with van der Waals surface area (Å²) < 4.78 is 5.14. The summed E-state index contributed by atoms with van der Waals surface area (Å²) in [5.74, 6) is 0.472. The summed E-state index contributed by atoms with van der Waals surface area (Å²) in [6, 6.07) is 12.4. The topological polar surface area (TPSA) is 87.7 Å². The maximum atomic E-state index is 12.6. The highest BCUT2D eigenvalue weighted by atomic mass is 16.5. The van der Waals surface area contributed by atoms with Crippen molar-refractivity contribution in [3.8, 4) is 5.75 Å². The lowest BCUT2D eigenvalue weighted by Gasteiger charge is -2.18. The Hall–Kier alpha value is -3.68. The van der Waals surface area contributed by atoms with E-state index in [-0.39, 0.29) is 18.5 Å². The Morgan fingerprint density at radius 2 is 1.82 bits per heavy atom. The first-order valence-electron chi connectivity index (χ1n) is 8.85. The van der Waals surface area contributed by atoms with Gasteiger partial charge in [0.05, 0.1) is 18.1 Å². The number of methoxy groups -OCH3 is 1. The minimum absolute atomic E-state index is 0.00993. The molecule has 8 heteroatoms. The number of nitrogens with one attached hydrogen (secondary N) is 1. The SMILES string of the molecule is COc1ccc(N2CCN(CC(=O)Nc3ccc4nccnc4c3)C2=O)cc1. The molecule has 8 nitrogen and oxygen atoms in total. The molecule has 4 rings (SSSR count). The molecular formula is C20H19N5O3. The second kappa shape index (κ2) is 7.51. The normalized spacial score (nSPS) is 13.8. The van der Waals surface area contributed by atoms with Gasteiger partial charge in [0.2, 0.25) is 5.91 Å². The number of hydrogen-bond acceptors (Lipinski definition) is 5. The van der Waals surface area contributed by atoms with E-state index in [1.807, 2.05) is 12.1 Å². The van der Waals surface area contributed by atoms with Gasteiger partial charge in [-0.15, -0.1) is 0 Å². The Balaban J connectivity index is 1.39. The molecule has 0 atom stereocenters. The fourth-order valence-electron chi connectivity index (χ4n) is 3.15. The Labute approximate surface area is 161 Å². The number of nitrogens with zero attached hydrogens (tertiary/aromatic N) is 4. The van der Waals surface area contributed by atoms with Gasteiger partial charge in [0.15, 0.2) is 0 Å². The monoisotopic (exact) mass is 377 g/mol. The van der Waals surface area contributed by atoms with Crippen LogP contribution in [0.1, 0.15) is 0 Å². The van der Waals surface area contributed by atoms with Crippen LogP contribution in [0.25, 0.3) is 11.0 Å². The lowest BCUT2D eigenvalue weighted by molar-refractivity contribution is -0.116. The summed E-state index contributed by atoms with van der Waals surface area (Å²) in [5, 5.41) is 2.82. The van der Waals surface area contributed by atoms with Gasteiger partial charge in [0, 0.05) is 36.9 Å². The van der Waals surface area contributed by atoms with Crippen LogP contribution in [0.3, 0.4) is 0 Å². The van der Waals surface area contributed by atoms with Gasteiger partial charge >= 0.3 is 6.03 Å². The van der Waals surface area contributed by atoms with E-state index in [4.69, 9.17) is 4.74 Å². The molecule has 3 aromatic rings. The zero-order valence-electron chi connectivity index (χ0n) is 15.3. The molecule has 0 bridgehead atoms. The number of carbonyl (C=O) groups is 2. The van der Waals surface area contributed by atoms with Crippen molar-refractivity contribution in [1.29, 1.82) is 0 Å². The summed E-state index contributed by atoms with van der Waals surface area (Å²) in [6.45, 7) is 1.01. The Morgan fingerprint density at radius 3 is 2.57 bits per heavy atom. The van der Waals surface area contributed by atoms with Gasteiger partial charge in [-0.3, -0.25) is 19.7 Å². The van der Waals surface area contributed by atoms with E-state index in [1.165, 1.54) is 4.90 Å². The molecule has 1 aliphatic heterocycles. The predicted molar refractivity (Wildman–Crippen MR) is 105 cm³/mol. The van der Waals surface area contributed by atoms with Gasteiger partial charge in [-0.2, -0.15) is 0 Å². The van der Waals surface area contributed by atoms with E-state index < -0.39 is 0 Å². The molecule has 1 N–H and O–H groups in total. The zero-order valence-corrected chi connectivity index (χ0v) is 15.3. The van der Waals surface area contributed by atoms with E-state index >= 15 is 0 Å². The first-order valence-corrected chi connectivity index (χ1v) is 8.85. The minimum Gasteiger partial charge on any atom is -0.497 e. The highest BCUT2D eigenvalue weighted by molar-refractivity contribution is 6.00. The fraction of sp³-hybridized carbons (Fsp3) is 0.200. The summed E-state index contributed by atoms with van der Waals surface area (Å²) in [6.07, 6.45) is 3.22. The molecule has 0 unspecified atom stereocenters. The van der Waals surface area contributed by atoms with Crippen molar-refractivity contribution in [2.45, 2.75) is 0 Å². The smallest absolute Gasteiger partial charge is 0.325 e. The van der Waals surface area contributed by atoms with Crippen molar-refractivity contribution >= 4 is 34.3 Å². The van der Waals surface area contributed by atoms with Gasteiger partial charge in [0.1, 0.15) is 12.3 Å². The Bertz CT molecular complexity index is 1020. The maximum absolute atomic E-state index is 12.6. The van der Waals surface area contributed by atoms with Gasteiger partial charge in [0.25, 0.3) is 0 Å². The van der Waals surface area contributed by atoms with Crippen LogP contribution in [0, 0.1) is 0 Å². The van der Waals surface area contributed by atoms with Crippen LogP contribution < -0.4 is 15.0 Å². The maximum Gasteiger partial charge on any atom is 0.325 e. The van der Waals surface area contributed by atoms with Crippen molar-refractivity contribution in [3.05, 3.63) is 54.9 Å². The van der Waals surface area contributed by atoms with Crippen LogP contribution in [0.5, 0.6) is 5.75 Å². The Kier molecular flexibility index (Phi) is 4.76. The highest BCUT2D eigenvalue weighted by Crippen LogP contribution is 2.23. The zero-order chi connectivity index (χ0) is 19.5. The van der Waals surface area contributed by atoms with Crippen LogP contribution in [-0.4, -0.2) is 53.6 Å². The second-order valence-corrected chi connectivity index (χ2v) is 6.36. The van der Waals surface area contributed by atoms with Crippen LogP contribution in [0.15, 0.2) is 54.9 Å². The average molecular weight is 377 g/mol. The molecule has 1 fully saturated rings. The number of fused-ring (bicyclic) bond motifs is 1. The van der Waals surface area contributed by atoms with Crippen molar-refractivity contribution < 1.29 is 14.3 Å². The molecule has 1 aliphatic rings. The average Bonchev–Trinajstić information content (AvgIpc) is 3.08. The number of ether oxygens (including phenoxy) is 1. The third kappa shape index (κ3) is 3.57. The molecule has 2 heterocycles. The first-order chi connectivity index (χ1) is 13.6. The molecule has 0 radical (unpaired) electrons. The van der Waals surface area contributed by atoms with Gasteiger partial charge in [-0.1, -0.05) is 0 Å². The van der Waals surface area contributed by atoms with E-state index in [1.54, 1.807) is 54.7 Å². The van der Waals surface area contributed by atoms with E-state index in [9.17, 15) is 9.59 Å². The predicted octanol–water partition coefficient (Wildman–Crippen LogP) is 2.52. The molecular weight excluding hydrogens is 358 g/mol. The van der Waals surface area contributed by atoms with Crippen molar-refractivity contribution in [2.24, 2.45) is 0 Å². The summed E-state index contributed by atoms with van der Waals surface area (Å²) in [7, 11) is 1.60. The Morgan fingerprint density at radius 1 is 1.07 bits per heavy atom. The number of anilines is 2. The largest absolute Gasteiger partial charge is 0.497 e. The first kappa shape index (κ1) is 17.7. The highest BCUT2D eigenvalue weighted by Gasteiger charge is 2.30. The number of carbonyl (C=O) groups excluding carboxylic acids is 2. The summed E-state index contributed by atoms with van der Waals surface area (Å²) >= 11 is 0. The van der Waals surface area contributed by atoms with E-state index in [0.29, 0.717) is 24.3 Å². The molecule has 3 amide bonds. The van der Waals surface area contributed by atoms with Crippen molar-refractivity contribution in [3.63, 3.8) is 0 Å². The quantitative estimate of drug-likeness (QED) is 0.738. The third-order valence-electron chi connectivity index (χ3n) is 4.57. The molecule has 142 valence electrons. The van der Waals surface area contributed by atoms with E-state index in [2.05, 4.69) is 15.3 Å². The molecule has 0 aliphatic carbocycles. The van der Waals surface area contributed by atoms with Crippen LogP contribution in [-0.2, 0) is 4.79 Å². The standard InChI is InChI=1S/C20H19N5O3/c1-28-16-5-3-15(4-6-16)25-11-10-24(20(25)27)13-19(26)23-14-2-7-17-18(12-14)22-9-8-21-17/h2-9,12H,10-11,13H2,1H3,(H,23,26). The van der Waals surface area contributed by atoms with Crippen molar-refractivity contribution in [1.82, 2.24) is 14.9 Å². The number of urea groups is 1. The van der Waals surface area contributed by atoms with Gasteiger partial charge in [-0.25, -0.2) is 4.79 Å². The lowest BCUT2D eigenvalue weighted by Crippen LogP contribution is -2.37.